The first kappa shape index (κ1) is 15.0. The summed E-state index contributed by atoms with van der Waals surface area (Å²) in [5.74, 6) is 0.981. The van der Waals surface area contributed by atoms with Crippen molar-refractivity contribution in [2.45, 2.75) is 39.5 Å². The topological polar surface area (TPSA) is 46.3 Å². The van der Waals surface area contributed by atoms with Gasteiger partial charge in [-0.05, 0) is 56.7 Å². The van der Waals surface area contributed by atoms with Gasteiger partial charge in [-0.2, -0.15) is 0 Å². The van der Waals surface area contributed by atoms with Crippen LogP contribution >= 0.6 is 0 Å². The molecule has 1 saturated heterocycles. The van der Waals surface area contributed by atoms with Crippen molar-refractivity contribution in [2.75, 3.05) is 19.6 Å². The SMILES string of the molecule is Cc1ccc(C)c(CC(=O)N2CCC(CCN)CC2)c1. The zero-order valence-corrected chi connectivity index (χ0v) is 12.7. The molecule has 1 heterocycles. The largest absolute Gasteiger partial charge is 0.342 e. The summed E-state index contributed by atoms with van der Waals surface area (Å²) < 4.78 is 0. The molecular formula is C17H26N2O. The van der Waals surface area contributed by atoms with Gasteiger partial charge in [-0.25, -0.2) is 0 Å². The summed E-state index contributed by atoms with van der Waals surface area (Å²) >= 11 is 0. The van der Waals surface area contributed by atoms with Gasteiger partial charge in [-0.1, -0.05) is 23.8 Å². The van der Waals surface area contributed by atoms with Gasteiger partial charge in [0.25, 0.3) is 0 Å². The van der Waals surface area contributed by atoms with Gasteiger partial charge < -0.3 is 10.6 Å². The van der Waals surface area contributed by atoms with Gasteiger partial charge in [-0.3, -0.25) is 4.79 Å². The molecule has 2 N–H and O–H groups in total. The monoisotopic (exact) mass is 274 g/mol. The second-order valence-electron chi connectivity index (χ2n) is 6.01. The molecule has 3 heteroatoms. The van der Waals surface area contributed by atoms with Crippen molar-refractivity contribution in [3.05, 3.63) is 34.9 Å². The predicted molar refractivity (Wildman–Crippen MR) is 82.6 cm³/mol. The Morgan fingerprint density at radius 1 is 1.30 bits per heavy atom. The molecule has 0 atom stereocenters. The number of piperidine rings is 1. The lowest BCUT2D eigenvalue weighted by Crippen LogP contribution is -2.39. The third-order valence-corrected chi connectivity index (χ3v) is 4.39. The number of nitrogens with zero attached hydrogens (tertiary/aromatic N) is 1. The zero-order chi connectivity index (χ0) is 14.5. The van der Waals surface area contributed by atoms with E-state index < -0.39 is 0 Å². The van der Waals surface area contributed by atoms with Crippen LogP contribution in [0.25, 0.3) is 0 Å². The van der Waals surface area contributed by atoms with E-state index in [1.807, 2.05) is 4.90 Å². The van der Waals surface area contributed by atoms with Crippen LogP contribution in [-0.4, -0.2) is 30.4 Å². The van der Waals surface area contributed by atoms with E-state index in [2.05, 4.69) is 32.0 Å². The van der Waals surface area contributed by atoms with Crippen molar-refractivity contribution in [1.29, 1.82) is 0 Å². The first-order valence-corrected chi connectivity index (χ1v) is 7.64. The van der Waals surface area contributed by atoms with E-state index in [-0.39, 0.29) is 5.91 Å². The highest BCUT2D eigenvalue weighted by Crippen LogP contribution is 2.21. The number of carbonyl (C=O) groups is 1. The molecule has 0 bridgehead atoms. The van der Waals surface area contributed by atoms with Crippen LogP contribution in [0.2, 0.25) is 0 Å². The maximum absolute atomic E-state index is 12.4. The highest BCUT2D eigenvalue weighted by molar-refractivity contribution is 5.79. The van der Waals surface area contributed by atoms with E-state index >= 15 is 0 Å². The summed E-state index contributed by atoms with van der Waals surface area (Å²) in [5, 5.41) is 0. The Morgan fingerprint density at radius 3 is 2.65 bits per heavy atom. The minimum atomic E-state index is 0.268. The van der Waals surface area contributed by atoms with Crippen LogP contribution in [0.4, 0.5) is 0 Å². The van der Waals surface area contributed by atoms with Crippen molar-refractivity contribution in [2.24, 2.45) is 11.7 Å². The number of benzene rings is 1. The average molecular weight is 274 g/mol. The van der Waals surface area contributed by atoms with Crippen LogP contribution < -0.4 is 5.73 Å². The molecule has 0 unspecified atom stereocenters. The zero-order valence-electron chi connectivity index (χ0n) is 12.7. The number of amides is 1. The molecule has 1 aromatic carbocycles. The quantitative estimate of drug-likeness (QED) is 0.916. The Kier molecular flexibility index (Phi) is 5.18. The third kappa shape index (κ3) is 3.83. The first-order valence-electron chi connectivity index (χ1n) is 7.64. The number of rotatable bonds is 4. The predicted octanol–water partition coefficient (Wildman–Crippen LogP) is 2.43. The fourth-order valence-corrected chi connectivity index (χ4v) is 2.97. The lowest BCUT2D eigenvalue weighted by atomic mass is 9.93. The fraction of sp³-hybridized carbons (Fsp3) is 0.588. The van der Waals surface area contributed by atoms with Crippen LogP contribution in [0, 0.1) is 19.8 Å². The lowest BCUT2D eigenvalue weighted by Gasteiger charge is -2.32. The molecule has 20 heavy (non-hydrogen) atoms. The number of nitrogens with two attached hydrogens (primary N) is 1. The van der Waals surface area contributed by atoms with E-state index in [0.717, 1.165) is 38.9 Å². The second kappa shape index (κ2) is 6.89. The smallest absolute Gasteiger partial charge is 0.226 e. The number of carbonyl (C=O) groups excluding carboxylic acids is 1. The van der Waals surface area contributed by atoms with Crippen LogP contribution in [0.5, 0.6) is 0 Å². The van der Waals surface area contributed by atoms with E-state index in [9.17, 15) is 4.79 Å². The molecular weight excluding hydrogens is 248 g/mol. The molecule has 0 aromatic heterocycles. The lowest BCUT2D eigenvalue weighted by molar-refractivity contribution is -0.131. The molecule has 2 rings (SSSR count). The molecule has 3 nitrogen and oxygen atoms in total. The molecule has 1 aromatic rings. The minimum absolute atomic E-state index is 0.268. The summed E-state index contributed by atoms with van der Waals surface area (Å²) in [5.41, 5.74) is 9.20. The minimum Gasteiger partial charge on any atom is -0.342 e. The molecule has 1 aliphatic rings. The molecule has 0 spiro atoms. The van der Waals surface area contributed by atoms with Crippen LogP contribution in [-0.2, 0) is 11.2 Å². The van der Waals surface area contributed by atoms with Gasteiger partial charge in [0.1, 0.15) is 0 Å². The Morgan fingerprint density at radius 2 is 2.00 bits per heavy atom. The average Bonchev–Trinajstić information content (AvgIpc) is 2.44. The van der Waals surface area contributed by atoms with Crippen molar-refractivity contribution < 1.29 is 4.79 Å². The normalized spacial score (nSPS) is 16.4. The summed E-state index contributed by atoms with van der Waals surface area (Å²) in [6.07, 6.45) is 3.85. The molecule has 1 amide bonds. The number of hydrogen-bond donors (Lipinski definition) is 1. The van der Waals surface area contributed by atoms with E-state index in [1.54, 1.807) is 0 Å². The number of likely N-dealkylation sites (tertiary alicyclic amines) is 1. The number of aryl methyl sites for hydroxylation is 2. The van der Waals surface area contributed by atoms with Gasteiger partial charge in [0.15, 0.2) is 0 Å². The Bertz CT molecular complexity index is 462. The van der Waals surface area contributed by atoms with Gasteiger partial charge in [0.2, 0.25) is 5.91 Å². The molecule has 0 saturated carbocycles. The van der Waals surface area contributed by atoms with Crippen LogP contribution in [0.1, 0.15) is 36.0 Å². The maximum atomic E-state index is 12.4. The molecule has 0 radical (unpaired) electrons. The summed E-state index contributed by atoms with van der Waals surface area (Å²) in [7, 11) is 0. The molecule has 1 fully saturated rings. The highest BCUT2D eigenvalue weighted by Gasteiger charge is 2.22. The maximum Gasteiger partial charge on any atom is 0.226 e. The Labute approximate surface area is 122 Å². The molecule has 1 aliphatic heterocycles. The van der Waals surface area contributed by atoms with Gasteiger partial charge in [-0.15, -0.1) is 0 Å². The van der Waals surface area contributed by atoms with Crippen molar-refractivity contribution in [3.8, 4) is 0 Å². The Hall–Kier alpha value is -1.35. The van der Waals surface area contributed by atoms with Crippen molar-refractivity contribution >= 4 is 5.91 Å². The molecule has 0 aliphatic carbocycles. The summed E-state index contributed by atoms with van der Waals surface area (Å²) in [6, 6.07) is 6.33. The fourth-order valence-electron chi connectivity index (χ4n) is 2.97. The van der Waals surface area contributed by atoms with Crippen LogP contribution in [0.3, 0.4) is 0 Å². The van der Waals surface area contributed by atoms with Gasteiger partial charge in [0, 0.05) is 13.1 Å². The van der Waals surface area contributed by atoms with E-state index in [4.69, 9.17) is 5.73 Å². The highest BCUT2D eigenvalue weighted by atomic mass is 16.2. The third-order valence-electron chi connectivity index (χ3n) is 4.39. The first-order chi connectivity index (χ1) is 9.60. The number of hydrogen-bond acceptors (Lipinski definition) is 2. The molecule has 110 valence electrons. The van der Waals surface area contributed by atoms with Gasteiger partial charge >= 0.3 is 0 Å². The van der Waals surface area contributed by atoms with Gasteiger partial charge in [0.05, 0.1) is 6.42 Å². The summed E-state index contributed by atoms with van der Waals surface area (Å²) in [6.45, 7) is 6.71. The Balaban J connectivity index is 1.91. The van der Waals surface area contributed by atoms with Crippen molar-refractivity contribution in [3.63, 3.8) is 0 Å². The van der Waals surface area contributed by atoms with Crippen LogP contribution in [0.15, 0.2) is 18.2 Å². The van der Waals surface area contributed by atoms with E-state index in [1.165, 1.54) is 16.7 Å². The summed E-state index contributed by atoms with van der Waals surface area (Å²) in [4.78, 5) is 14.4. The van der Waals surface area contributed by atoms with Crippen molar-refractivity contribution in [1.82, 2.24) is 4.90 Å². The standard InChI is InChI=1S/C17H26N2O/c1-13-3-4-14(2)16(11-13)12-17(20)19-9-6-15(5-8-18)7-10-19/h3-4,11,15H,5-10,12,18H2,1-2H3. The van der Waals surface area contributed by atoms with E-state index in [0.29, 0.717) is 12.3 Å². The second-order valence-corrected chi connectivity index (χ2v) is 6.01.